The number of hydrogen-bond donors (Lipinski definition) is 1. The third-order valence-corrected chi connectivity index (χ3v) is 3.59. The van der Waals surface area contributed by atoms with E-state index >= 15 is 0 Å². The molecule has 0 radical (unpaired) electrons. The van der Waals surface area contributed by atoms with E-state index in [4.69, 9.17) is 0 Å². The van der Waals surface area contributed by atoms with E-state index in [1.54, 1.807) is 4.68 Å². The van der Waals surface area contributed by atoms with Crippen LogP contribution in [0.5, 0.6) is 0 Å². The van der Waals surface area contributed by atoms with E-state index in [1.807, 2.05) is 54.6 Å². The predicted octanol–water partition coefficient (Wildman–Crippen LogP) is 4.00. The topological polar surface area (TPSA) is 55.1 Å². The highest BCUT2D eigenvalue weighted by molar-refractivity contribution is 9.10. The smallest absolute Gasteiger partial charge is 0.339 e. The molecule has 1 N–H and O–H groups in total. The largest absolute Gasteiger partial charge is 0.478 e. The van der Waals surface area contributed by atoms with Crippen molar-refractivity contribution in [1.82, 2.24) is 9.78 Å². The molecule has 0 aliphatic heterocycles. The first-order chi connectivity index (χ1) is 10.2. The SMILES string of the molecule is O=C(O)c1cnn(-c2cccc(Br)c2)c1-c1ccccc1. The average molecular weight is 343 g/mol. The zero-order chi connectivity index (χ0) is 14.8. The lowest BCUT2D eigenvalue weighted by atomic mass is 10.1. The zero-order valence-electron chi connectivity index (χ0n) is 10.9. The van der Waals surface area contributed by atoms with Gasteiger partial charge in [0.2, 0.25) is 0 Å². The summed E-state index contributed by atoms with van der Waals surface area (Å²) in [6.07, 6.45) is 1.38. The van der Waals surface area contributed by atoms with Crippen LogP contribution in [0.3, 0.4) is 0 Å². The number of carboxylic acid groups (broad SMARTS) is 1. The minimum Gasteiger partial charge on any atom is -0.478 e. The minimum absolute atomic E-state index is 0.182. The summed E-state index contributed by atoms with van der Waals surface area (Å²) in [5.74, 6) is -0.991. The Hall–Kier alpha value is -2.40. The fourth-order valence-electron chi connectivity index (χ4n) is 2.18. The molecule has 0 bridgehead atoms. The van der Waals surface area contributed by atoms with Crippen LogP contribution in [-0.4, -0.2) is 20.9 Å². The first kappa shape index (κ1) is 13.6. The molecule has 0 saturated carbocycles. The number of carbonyl (C=O) groups is 1. The van der Waals surface area contributed by atoms with Crippen LogP contribution in [0.1, 0.15) is 10.4 Å². The predicted molar refractivity (Wildman–Crippen MR) is 83.7 cm³/mol. The van der Waals surface area contributed by atoms with Crippen LogP contribution in [0.25, 0.3) is 16.9 Å². The number of hydrogen-bond acceptors (Lipinski definition) is 2. The van der Waals surface area contributed by atoms with Gasteiger partial charge in [-0.2, -0.15) is 5.10 Å². The van der Waals surface area contributed by atoms with E-state index in [2.05, 4.69) is 21.0 Å². The molecule has 5 heteroatoms. The Morgan fingerprint density at radius 1 is 1.10 bits per heavy atom. The number of carboxylic acids is 1. The van der Waals surface area contributed by atoms with Crippen LogP contribution in [0.15, 0.2) is 65.3 Å². The molecule has 0 saturated heterocycles. The van der Waals surface area contributed by atoms with Gasteiger partial charge in [-0.3, -0.25) is 0 Å². The van der Waals surface area contributed by atoms with Crippen LogP contribution in [0.4, 0.5) is 0 Å². The minimum atomic E-state index is -0.991. The fraction of sp³-hybridized carbons (Fsp3) is 0. The second kappa shape index (κ2) is 5.54. The average Bonchev–Trinajstić information content (AvgIpc) is 2.93. The van der Waals surface area contributed by atoms with Crippen molar-refractivity contribution in [3.8, 4) is 16.9 Å². The van der Waals surface area contributed by atoms with E-state index in [-0.39, 0.29) is 5.56 Å². The Morgan fingerprint density at radius 2 is 1.86 bits per heavy atom. The summed E-state index contributed by atoms with van der Waals surface area (Å²) in [7, 11) is 0. The highest BCUT2D eigenvalue weighted by atomic mass is 79.9. The maximum Gasteiger partial charge on any atom is 0.339 e. The van der Waals surface area contributed by atoms with Gasteiger partial charge in [0.25, 0.3) is 0 Å². The van der Waals surface area contributed by atoms with Gasteiger partial charge in [-0.15, -0.1) is 0 Å². The van der Waals surface area contributed by atoms with Crippen molar-refractivity contribution in [2.24, 2.45) is 0 Å². The molecule has 0 fully saturated rings. The highest BCUT2D eigenvalue weighted by Gasteiger charge is 2.19. The summed E-state index contributed by atoms with van der Waals surface area (Å²) in [5.41, 5.74) is 2.37. The lowest BCUT2D eigenvalue weighted by Crippen LogP contribution is -2.02. The molecule has 0 aliphatic carbocycles. The molecule has 1 heterocycles. The lowest BCUT2D eigenvalue weighted by Gasteiger charge is -2.09. The molecule has 3 rings (SSSR count). The zero-order valence-corrected chi connectivity index (χ0v) is 12.5. The number of benzene rings is 2. The summed E-state index contributed by atoms with van der Waals surface area (Å²) in [6, 6.07) is 17.0. The highest BCUT2D eigenvalue weighted by Crippen LogP contribution is 2.27. The number of aromatic carboxylic acids is 1. The van der Waals surface area contributed by atoms with Crippen molar-refractivity contribution in [2.75, 3.05) is 0 Å². The van der Waals surface area contributed by atoms with Crippen molar-refractivity contribution in [3.05, 3.63) is 70.8 Å². The van der Waals surface area contributed by atoms with Gasteiger partial charge in [0.05, 0.1) is 17.6 Å². The van der Waals surface area contributed by atoms with Crippen molar-refractivity contribution in [3.63, 3.8) is 0 Å². The lowest BCUT2D eigenvalue weighted by molar-refractivity contribution is 0.0697. The number of rotatable bonds is 3. The molecule has 0 amide bonds. The summed E-state index contributed by atoms with van der Waals surface area (Å²) in [6.45, 7) is 0. The molecule has 0 unspecified atom stereocenters. The molecule has 3 aromatic rings. The van der Waals surface area contributed by atoms with Gasteiger partial charge < -0.3 is 5.11 Å². The van der Waals surface area contributed by atoms with Crippen molar-refractivity contribution < 1.29 is 9.90 Å². The molecule has 0 spiro atoms. The van der Waals surface area contributed by atoms with E-state index in [0.29, 0.717) is 5.69 Å². The second-order valence-electron chi connectivity index (χ2n) is 4.47. The summed E-state index contributed by atoms with van der Waals surface area (Å²) < 4.78 is 2.55. The van der Waals surface area contributed by atoms with Gasteiger partial charge in [-0.25, -0.2) is 9.48 Å². The van der Waals surface area contributed by atoms with E-state index < -0.39 is 5.97 Å². The van der Waals surface area contributed by atoms with Gasteiger partial charge in [0.1, 0.15) is 5.56 Å². The Balaban J connectivity index is 2.25. The molecule has 2 aromatic carbocycles. The van der Waals surface area contributed by atoms with E-state index in [0.717, 1.165) is 15.7 Å². The fourth-order valence-corrected chi connectivity index (χ4v) is 2.57. The molecular formula is C16H11BrN2O2. The number of aromatic nitrogens is 2. The molecule has 0 aliphatic rings. The van der Waals surface area contributed by atoms with Crippen LogP contribution in [0, 0.1) is 0 Å². The summed E-state index contributed by atoms with van der Waals surface area (Å²) >= 11 is 3.42. The van der Waals surface area contributed by atoms with Crippen molar-refractivity contribution >= 4 is 21.9 Å². The molecule has 104 valence electrons. The Morgan fingerprint density at radius 3 is 2.52 bits per heavy atom. The van der Waals surface area contributed by atoms with Crippen LogP contribution < -0.4 is 0 Å². The van der Waals surface area contributed by atoms with Gasteiger partial charge in [-0.1, -0.05) is 52.3 Å². The summed E-state index contributed by atoms with van der Waals surface area (Å²) in [5, 5.41) is 13.6. The Bertz CT molecular complexity index is 797. The first-order valence-corrected chi connectivity index (χ1v) is 7.09. The molecule has 21 heavy (non-hydrogen) atoms. The van der Waals surface area contributed by atoms with Crippen LogP contribution in [-0.2, 0) is 0 Å². The Labute approximate surface area is 129 Å². The third-order valence-electron chi connectivity index (χ3n) is 3.10. The normalized spacial score (nSPS) is 10.5. The summed E-state index contributed by atoms with van der Waals surface area (Å²) in [4.78, 5) is 11.4. The number of nitrogens with zero attached hydrogens (tertiary/aromatic N) is 2. The van der Waals surface area contributed by atoms with Crippen molar-refractivity contribution in [2.45, 2.75) is 0 Å². The molecule has 4 nitrogen and oxygen atoms in total. The first-order valence-electron chi connectivity index (χ1n) is 6.29. The van der Waals surface area contributed by atoms with Gasteiger partial charge in [-0.05, 0) is 18.2 Å². The van der Waals surface area contributed by atoms with E-state index in [1.165, 1.54) is 6.20 Å². The van der Waals surface area contributed by atoms with E-state index in [9.17, 15) is 9.90 Å². The van der Waals surface area contributed by atoms with Gasteiger partial charge >= 0.3 is 5.97 Å². The molecule has 1 aromatic heterocycles. The molecular weight excluding hydrogens is 332 g/mol. The van der Waals surface area contributed by atoms with Crippen LogP contribution in [0.2, 0.25) is 0 Å². The van der Waals surface area contributed by atoms with Crippen molar-refractivity contribution in [1.29, 1.82) is 0 Å². The van der Waals surface area contributed by atoms with Gasteiger partial charge in [0.15, 0.2) is 0 Å². The maximum absolute atomic E-state index is 11.4. The van der Waals surface area contributed by atoms with Crippen LogP contribution >= 0.6 is 15.9 Å². The second-order valence-corrected chi connectivity index (χ2v) is 5.39. The number of halogens is 1. The molecule has 0 atom stereocenters. The Kier molecular flexibility index (Phi) is 3.58. The monoisotopic (exact) mass is 342 g/mol. The maximum atomic E-state index is 11.4. The quantitative estimate of drug-likeness (QED) is 0.782. The standard InChI is InChI=1S/C16H11BrN2O2/c17-12-7-4-8-13(9-12)19-15(11-5-2-1-3-6-11)14(10-18-19)16(20)21/h1-10H,(H,20,21). The van der Waals surface area contributed by atoms with Gasteiger partial charge in [0, 0.05) is 10.0 Å². The third kappa shape index (κ3) is 2.60.